The van der Waals surface area contributed by atoms with Gasteiger partial charge in [0.1, 0.15) is 5.75 Å². The SMILES string of the molecule is CNc1ccc(OC)c(N(C)C(=O)CNCCCNC=O)c1.Cl. The van der Waals surface area contributed by atoms with Gasteiger partial charge < -0.3 is 25.6 Å². The van der Waals surface area contributed by atoms with Crippen LogP contribution in [0.3, 0.4) is 0 Å². The number of rotatable bonds is 10. The lowest BCUT2D eigenvalue weighted by atomic mass is 10.2. The highest BCUT2D eigenvalue weighted by atomic mass is 35.5. The molecule has 0 bridgehead atoms. The minimum absolute atomic E-state index is 0. The molecule has 0 unspecified atom stereocenters. The number of carbonyl (C=O) groups is 2. The van der Waals surface area contributed by atoms with Gasteiger partial charge in [0.05, 0.1) is 19.3 Å². The molecule has 1 rings (SSSR count). The Morgan fingerprint density at radius 2 is 2.09 bits per heavy atom. The first-order valence-electron chi connectivity index (χ1n) is 7.14. The summed E-state index contributed by atoms with van der Waals surface area (Å²) in [6.07, 6.45) is 1.44. The highest BCUT2D eigenvalue weighted by molar-refractivity contribution is 5.96. The number of carbonyl (C=O) groups excluding carboxylic acids is 2. The van der Waals surface area contributed by atoms with E-state index in [1.165, 1.54) is 0 Å². The van der Waals surface area contributed by atoms with E-state index in [-0.39, 0.29) is 24.9 Å². The van der Waals surface area contributed by atoms with Gasteiger partial charge in [0.2, 0.25) is 12.3 Å². The lowest BCUT2D eigenvalue weighted by Crippen LogP contribution is -2.36. The molecule has 0 atom stereocenters. The molecule has 0 heterocycles. The minimum Gasteiger partial charge on any atom is -0.495 e. The number of hydrogen-bond acceptors (Lipinski definition) is 5. The van der Waals surface area contributed by atoms with Gasteiger partial charge in [-0.15, -0.1) is 12.4 Å². The number of amides is 2. The molecule has 0 spiro atoms. The van der Waals surface area contributed by atoms with Crippen molar-refractivity contribution in [1.29, 1.82) is 0 Å². The fourth-order valence-corrected chi connectivity index (χ4v) is 1.93. The van der Waals surface area contributed by atoms with Crippen molar-refractivity contribution in [2.75, 3.05) is 51.1 Å². The Hall–Kier alpha value is -1.99. The molecule has 0 radical (unpaired) electrons. The van der Waals surface area contributed by atoms with Crippen LogP contribution < -0.4 is 25.6 Å². The number of nitrogens with zero attached hydrogens (tertiary/aromatic N) is 1. The highest BCUT2D eigenvalue weighted by Crippen LogP contribution is 2.30. The van der Waals surface area contributed by atoms with Crippen molar-refractivity contribution in [3.63, 3.8) is 0 Å². The Bertz CT molecular complexity index is 500. The third-order valence-corrected chi connectivity index (χ3v) is 3.24. The quantitative estimate of drug-likeness (QED) is 0.433. The van der Waals surface area contributed by atoms with Crippen LogP contribution in [0.1, 0.15) is 6.42 Å². The zero-order chi connectivity index (χ0) is 16.4. The van der Waals surface area contributed by atoms with Gasteiger partial charge in [-0.2, -0.15) is 0 Å². The molecule has 3 N–H and O–H groups in total. The molecular formula is C15H25ClN4O3. The smallest absolute Gasteiger partial charge is 0.240 e. The summed E-state index contributed by atoms with van der Waals surface area (Å²) >= 11 is 0. The number of nitrogens with one attached hydrogen (secondary N) is 3. The molecule has 1 aromatic carbocycles. The summed E-state index contributed by atoms with van der Waals surface area (Å²) in [6, 6.07) is 5.58. The third kappa shape index (κ3) is 6.75. The van der Waals surface area contributed by atoms with Crippen LogP contribution in [-0.2, 0) is 9.59 Å². The molecule has 2 amide bonds. The van der Waals surface area contributed by atoms with Crippen molar-refractivity contribution < 1.29 is 14.3 Å². The van der Waals surface area contributed by atoms with Gasteiger partial charge in [-0.1, -0.05) is 0 Å². The number of benzene rings is 1. The van der Waals surface area contributed by atoms with Crippen LogP contribution in [0.2, 0.25) is 0 Å². The van der Waals surface area contributed by atoms with E-state index in [0.717, 1.165) is 12.1 Å². The van der Waals surface area contributed by atoms with Gasteiger partial charge in [0.25, 0.3) is 0 Å². The topological polar surface area (TPSA) is 82.7 Å². The fraction of sp³-hybridized carbons (Fsp3) is 0.467. The van der Waals surface area contributed by atoms with E-state index >= 15 is 0 Å². The highest BCUT2D eigenvalue weighted by Gasteiger charge is 2.15. The lowest BCUT2D eigenvalue weighted by Gasteiger charge is -2.21. The van der Waals surface area contributed by atoms with Gasteiger partial charge in [0.15, 0.2) is 0 Å². The maximum Gasteiger partial charge on any atom is 0.240 e. The normalized spacial score (nSPS) is 9.52. The predicted octanol–water partition coefficient (Wildman–Crippen LogP) is 0.847. The van der Waals surface area contributed by atoms with Crippen LogP contribution in [0.25, 0.3) is 0 Å². The Balaban J connectivity index is 0.00000484. The van der Waals surface area contributed by atoms with Crippen LogP contribution >= 0.6 is 12.4 Å². The Labute approximate surface area is 143 Å². The molecule has 0 saturated carbocycles. The Morgan fingerprint density at radius 3 is 2.70 bits per heavy atom. The average Bonchev–Trinajstić information content (AvgIpc) is 2.56. The van der Waals surface area contributed by atoms with Crippen LogP contribution in [0.5, 0.6) is 5.75 Å². The predicted molar refractivity (Wildman–Crippen MR) is 94.8 cm³/mol. The van der Waals surface area contributed by atoms with Crippen LogP contribution in [0.4, 0.5) is 11.4 Å². The average molecular weight is 345 g/mol. The molecule has 8 heteroatoms. The number of halogens is 1. The maximum atomic E-state index is 12.2. The first kappa shape index (κ1) is 21.0. The summed E-state index contributed by atoms with van der Waals surface area (Å²) in [6.45, 7) is 1.48. The molecule has 0 aliphatic carbocycles. The van der Waals surface area contributed by atoms with E-state index in [0.29, 0.717) is 30.9 Å². The summed E-state index contributed by atoms with van der Waals surface area (Å²) in [5.74, 6) is 0.583. The van der Waals surface area contributed by atoms with Crippen LogP contribution in [0.15, 0.2) is 18.2 Å². The number of methoxy groups -OCH3 is 1. The molecule has 0 saturated heterocycles. The first-order chi connectivity index (χ1) is 10.6. The maximum absolute atomic E-state index is 12.2. The van der Waals surface area contributed by atoms with Gasteiger partial charge >= 0.3 is 0 Å². The zero-order valence-electron chi connectivity index (χ0n) is 13.7. The second-order valence-electron chi connectivity index (χ2n) is 4.69. The van der Waals surface area contributed by atoms with Crippen LogP contribution in [-0.4, -0.2) is 53.2 Å². The van der Waals surface area contributed by atoms with E-state index in [2.05, 4.69) is 16.0 Å². The molecule has 0 aliphatic heterocycles. The molecule has 7 nitrogen and oxygen atoms in total. The fourth-order valence-electron chi connectivity index (χ4n) is 1.93. The zero-order valence-corrected chi connectivity index (χ0v) is 14.5. The van der Waals surface area contributed by atoms with Crippen molar-refractivity contribution in [1.82, 2.24) is 10.6 Å². The first-order valence-corrected chi connectivity index (χ1v) is 7.14. The van der Waals surface area contributed by atoms with Crippen molar-refractivity contribution in [2.45, 2.75) is 6.42 Å². The number of hydrogen-bond donors (Lipinski definition) is 3. The summed E-state index contributed by atoms with van der Waals surface area (Å²) in [7, 11) is 5.12. The lowest BCUT2D eigenvalue weighted by molar-refractivity contribution is -0.117. The molecule has 0 fully saturated rings. The van der Waals surface area contributed by atoms with Gasteiger partial charge in [-0.25, -0.2) is 0 Å². The van der Waals surface area contributed by atoms with E-state index < -0.39 is 0 Å². The molecule has 0 aliphatic rings. The molecule has 0 aromatic heterocycles. The van der Waals surface area contributed by atoms with Gasteiger partial charge in [-0.3, -0.25) is 9.59 Å². The Kier molecular flexibility index (Phi) is 10.6. The molecule has 23 heavy (non-hydrogen) atoms. The second-order valence-corrected chi connectivity index (χ2v) is 4.69. The molecule has 130 valence electrons. The van der Waals surface area contributed by atoms with E-state index in [1.807, 2.05) is 25.2 Å². The van der Waals surface area contributed by atoms with Crippen LogP contribution in [0, 0.1) is 0 Å². The molecule has 1 aromatic rings. The van der Waals surface area contributed by atoms with Gasteiger partial charge in [-0.05, 0) is 31.2 Å². The number of ether oxygens (including phenoxy) is 1. The second kappa shape index (κ2) is 11.6. The summed E-state index contributed by atoms with van der Waals surface area (Å²) in [4.78, 5) is 23.9. The molecular weight excluding hydrogens is 320 g/mol. The summed E-state index contributed by atoms with van der Waals surface area (Å²) in [5.41, 5.74) is 1.62. The van der Waals surface area contributed by atoms with E-state index in [9.17, 15) is 9.59 Å². The number of likely N-dealkylation sites (N-methyl/N-ethyl adjacent to an activating group) is 1. The van der Waals surface area contributed by atoms with E-state index in [1.54, 1.807) is 19.1 Å². The number of anilines is 2. The van der Waals surface area contributed by atoms with E-state index in [4.69, 9.17) is 4.74 Å². The standard InChI is InChI=1S/C15H24N4O3.ClH/c1-16-12-5-6-14(22-3)13(9-12)19(2)15(21)10-17-7-4-8-18-11-20;/h5-6,9,11,16-17H,4,7-8,10H2,1-3H3,(H,18,20);1H. The summed E-state index contributed by atoms with van der Waals surface area (Å²) < 4.78 is 5.30. The largest absolute Gasteiger partial charge is 0.495 e. The summed E-state index contributed by atoms with van der Waals surface area (Å²) in [5, 5.41) is 8.67. The monoisotopic (exact) mass is 344 g/mol. The van der Waals surface area contributed by atoms with Crippen molar-refractivity contribution in [2.24, 2.45) is 0 Å². The van der Waals surface area contributed by atoms with Gasteiger partial charge in [0, 0.05) is 26.3 Å². The Morgan fingerprint density at radius 1 is 1.35 bits per heavy atom. The van der Waals surface area contributed by atoms with Crippen molar-refractivity contribution in [3.8, 4) is 5.75 Å². The van der Waals surface area contributed by atoms with Crippen molar-refractivity contribution in [3.05, 3.63) is 18.2 Å². The minimum atomic E-state index is -0.0603. The van der Waals surface area contributed by atoms with Crippen molar-refractivity contribution >= 4 is 36.1 Å². The third-order valence-electron chi connectivity index (χ3n) is 3.24.